The van der Waals surface area contributed by atoms with E-state index in [1.165, 1.54) is 12.5 Å². The molecule has 1 aromatic heterocycles. The Labute approximate surface area is 146 Å². The lowest BCUT2D eigenvalue weighted by Gasteiger charge is -2.10. The monoisotopic (exact) mass is 343 g/mol. The van der Waals surface area contributed by atoms with Gasteiger partial charge in [-0.25, -0.2) is 15.0 Å². The molecule has 132 valence electrons. The van der Waals surface area contributed by atoms with Crippen molar-refractivity contribution in [2.75, 3.05) is 13.2 Å². The first-order valence-electron chi connectivity index (χ1n) is 8.07. The summed E-state index contributed by atoms with van der Waals surface area (Å²) < 4.78 is 9.84. The third-order valence-electron chi connectivity index (χ3n) is 3.66. The van der Waals surface area contributed by atoms with Crippen LogP contribution in [0, 0.1) is 19.8 Å². The zero-order chi connectivity index (χ0) is 18.4. The number of esters is 2. The fraction of sp³-hybridized carbons (Fsp3) is 0.389. The van der Waals surface area contributed by atoms with Gasteiger partial charge in [0, 0.05) is 11.6 Å². The number of nitrogens with zero attached hydrogens (tertiary/aromatic N) is 3. The van der Waals surface area contributed by atoms with E-state index in [2.05, 4.69) is 15.0 Å². The van der Waals surface area contributed by atoms with Gasteiger partial charge < -0.3 is 9.47 Å². The molecular formula is C18H21N3O4. The van der Waals surface area contributed by atoms with E-state index in [-0.39, 0.29) is 13.2 Å². The van der Waals surface area contributed by atoms with Crippen molar-refractivity contribution in [3.05, 3.63) is 29.6 Å². The van der Waals surface area contributed by atoms with Gasteiger partial charge in [-0.05, 0) is 51.0 Å². The number of aromatic nitrogens is 2. The number of carbonyl (C=O) groups excluding carboxylic acids is 2. The zero-order valence-electron chi connectivity index (χ0n) is 14.8. The van der Waals surface area contributed by atoms with Crippen molar-refractivity contribution in [2.24, 2.45) is 10.9 Å². The van der Waals surface area contributed by atoms with Gasteiger partial charge in [-0.15, -0.1) is 0 Å². The highest BCUT2D eigenvalue weighted by Gasteiger charge is 2.27. The lowest BCUT2D eigenvalue weighted by Crippen LogP contribution is -2.29. The maximum absolute atomic E-state index is 12.0. The van der Waals surface area contributed by atoms with E-state index in [1.54, 1.807) is 13.8 Å². The summed E-state index contributed by atoms with van der Waals surface area (Å²) in [6.45, 7) is 7.64. The van der Waals surface area contributed by atoms with Crippen molar-refractivity contribution < 1.29 is 19.1 Å². The molecule has 0 aliphatic carbocycles. The number of rotatable bonds is 6. The van der Waals surface area contributed by atoms with Crippen LogP contribution in [0.25, 0.3) is 10.9 Å². The molecule has 0 fully saturated rings. The minimum Gasteiger partial charge on any atom is -0.465 e. The number of carbonyl (C=O) groups is 2. The number of aliphatic imine (C=N–C) groups is 1. The standard InChI is InChI=1S/C18H21N3O4/c1-5-24-17(22)14(18(23)25-6-2)9-19-16-13-7-11(3)12(4)8-15(13)20-10-21-16/h7-10,14H,5-6H2,1-4H3. The predicted octanol–water partition coefficient (Wildman–Crippen LogP) is 2.69. The van der Waals surface area contributed by atoms with Crippen LogP contribution in [0.2, 0.25) is 0 Å². The Bertz CT molecular complexity index is 799. The second-order valence-corrected chi connectivity index (χ2v) is 5.41. The molecule has 0 saturated carbocycles. The highest BCUT2D eigenvalue weighted by Crippen LogP contribution is 2.24. The molecule has 0 unspecified atom stereocenters. The van der Waals surface area contributed by atoms with Gasteiger partial charge in [0.05, 0.1) is 18.7 Å². The van der Waals surface area contributed by atoms with Gasteiger partial charge >= 0.3 is 11.9 Å². The smallest absolute Gasteiger partial charge is 0.325 e. The molecule has 7 nitrogen and oxygen atoms in total. The highest BCUT2D eigenvalue weighted by molar-refractivity contribution is 6.09. The van der Waals surface area contributed by atoms with Crippen LogP contribution in [-0.4, -0.2) is 41.3 Å². The molecule has 0 aliphatic rings. The molecule has 25 heavy (non-hydrogen) atoms. The Morgan fingerprint density at radius 3 is 2.28 bits per heavy atom. The molecular weight excluding hydrogens is 322 g/mol. The van der Waals surface area contributed by atoms with Crippen LogP contribution in [0.3, 0.4) is 0 Å². The Kier molecular flexibility index (Phi) is 6.16. The van der Waals surface area contributed by atoms with Crippen LogP contribution in [0.4, 0.5) is 5.82 Å². The van der Waals surface area contributed by atoms with Crippen molar-refractivity contribution in [1.29, 1.82) is 0 Å². The fourth-order valence-electron chi connectivity index (χ4n) is 2.23. The molecule has 0 bridgehead atoms. The van der Waals surface area contributed by atoms with Crippen molar-refractivity contribution >= 4 is 34.9 Å². The lowest BCUT2D eigenvalue weighted by atomic mass is 10.1. The van der Waals surface area contributed by atoms with Crippen LogP contribution in [0.15, 0.2) is 23.5 Å². The topological polar surface area (TPSA) is 90.7 Å². The predicted molar refractivity (Wildman–Crippen MR) is 93.9 cm³/mol. The summed E-state index contributed by atoms with van der Waals surface area (Å²) in [5.74, 6) is -2.24. The maximum Gasteiger partial charge on any atom is 0.325 e. The first-order chi connectivity index (χ1) is 12.0. The molecule has 1 heterocycles. The summed E-state index contributed by atoms with van der Waals surface area (Å²) >= 11 is 0. The Morgan fingerprint density at radius 2 is 1.68 bits per heavy atom. The number of ether oxygens (including phenoxy) is 2. The van der Waals surface area contributed by atoms with Crippen LogP contribution in [0.5, 0.6) is 0 Å². The highest BCUT2D eigenvalue weighted by atomic mass is 16.6. The molecule has 0 radical (unpaired) electrons. The number of fused-ring (bicyclic) bond motifs is 1. The van der Waals surface area contributed by atoms with Crippen molar-refractivity contribution in [3.8, 4) is 0 Å². The molecule has 0 spiro atoms. The van der Waals surface area contributed by atoms with Crippen molar-refractivity contribution in [2.45, 2.75) is 27.7 Å². The average Bonchev–Trinajstić information content (AvgIpc) is 2.57. The first kappa shape index (κ1) is 18.5. The average molecular weight is 343 g/mol. The minimum atomic E-state index is -1.23. The Morgan fingerprint density at radius 1 is 1.08 bits per heavy atom. The van der Waals surface area contributed by atoms with Crippen molar-refractivity contribution in [1.82, 2.24) is 9.97 Å². The molecule has 7 heteroatoms. The zero-order valence-corrected chi connectivity index (χ0v) is 14.8. The quantitative estimate of drug-likeness (QED) is 0.455. The van der Waals surface area contributed by atoms with Gasteiger partial charge in [0.15, 0.2) is 11.7 Å². The third-order valence-corrected chi connectivity index (χ3v) is 3.66. The number of hydrogen-bond acceptors (Lipinski definition) is 7. The molecule has 1 aromatic carbocycles. The largest absolute Gasteiger partial charge is 0.465 e. The molecule has 2 rings (SSSR count). The van der Waals surface area contributed by atoms with E-state index in [0.717, 1.165) is 22.0 Å². The molecule has 0 atom stereocenters. The molecule has 2 aromatic rings. The second kappa shape index (κ2) is 8.32. The Hall–Kier alpha value is -2.83. The first-order valence-corrected chi connectivity index (χ1v) is 8.07. The summed E-state index contributed by atoms with van der Waals surface area (Å²) in [7, 11) is 0. The van der Waals surface area contributed by atoms with E-state index in [9.17, 15) is 9.59 Å². The summed E-state index contributed by atoms with van der Waals surface area (Å²) in [5, 5.41) is 0.744. The van der Waals surface area contributed by atoms with Gasteiger partial charge in [-0.1, -0.05) is 0 Å². The summed E-state index contributed by atoms with van der Waals surface area (Å²) in [4.78, 5) is 36.6. The number of hydrogen-bond donors (Lipinski definition) is 0. The van der Waals surface area contributed by atoms with E-state index in [1.807, 2.05) is 26.0 Å². The molecule has 0 aliphatic heterocycles. The van der Waals surface area contributed by atoms with Gasteiger partial charge in [0.25, 0.3) is 0 Å². The maximum atomic E-state index is 12.0. The van der Waals surface area contributed by atoms with E-state index in [4.69, 9.17) is 9.47 Å². The summed E-state index contributed by atoms with van der Waals surface area (Å²) in [5.41, 5.74) is 2.93. The number of benzene rings is 1. The van der Waals surface area contributed by atoms with Crippen molar-refractivity contribution in [3.63, 3.8) is 0 Å². The number of aryl methyl sites for hydroxylation is 2. The summed E-state index contributed by atoms with van der Waals surface area (Å²) in [6, 6.07) is 3.88. The second-order valence-electron chi connectivity index (χ2n) is 5.41. The Balaban J connectivity index is 2.40. The van der Waals surface area contributed by atoms with Crippen LogP contribution >= 0.6 is 0 Å². The van der Waals surface area contributed by atoms with Crippen LogP contribution in [0.1, 0.15) is 25.0 Å². The van der Waals surface area contributed by atoms with Gasteiger partial charge in [0.2, 0.25) is 0 Å². The van der Waals surface area contributed by atoms with Crippen LogP contribution < -0.4 is 0 Å². The molecule has 0 amide bonds. The third kappa shape index (κ3) is 4.37. The minimum absolute atomic E-state index is 0.164. The molecule has 0 N–H and O–H groups in total. The fourth-order valence-corrected chi connectivity index (χ4v) is 2.23. The summed E-state index contributed by atoms with van der Waals surface area (Å²) in [6.07, 6.45) is 2.61. The van der Waals surface area contributed by atoms with E-state index < -0.39 is 17.9 Å². The lowest BCUT2D eigenvalue weighted by molar-refractivity contribution is -0.157. The van der Waals surface area contributed by atoms with Gasteiger partial charge in [-0.3, -0.25) is 9.59 Å². The van der Waals surface area contributed by atoms with Crippen LogP contribution in [-0.2, 0) is 19.1 Å². The van der Waals surface area contributed by atoms with E-state index in [0.29, 0.717) is 5.82 Å². The normalized spacial score (nSPS) is 11.2. The van der Waals surface area contributed by atoms with E-state index >= 15 is 0 Å². The molecule has 0 saturated heterocycles. The van der Waals surface area contributed by atoms with Gasteiger partial charge in [-0.2, -0.15) is 0 Å². The SMILES string of the molecule is CCOC(=O)C(C=Nc1ncnc2cc(C)c(C)cc12)C(=O)OCC. The van der Waals surface area contributed by atoms with Gasteiger partial charge in [0.1, 0.15) is 6.33 Å².